The smallest absolute Gasteiger partial charge is 0.293 e. The lowest BCUT2D eigenvalue weighted by molar-refractivity contribution is -0.123. The number of hydrogen-bond acceptors (Lipinski definition) is 6. The van der Waals surface area contributed by atoms with Crippen LogP contribution in [0, 0.1) is 11.3 Å². The highest BCUT2D eigenvalue weighted by Gasteiger charge is 2.35. The van der Waals surface area contributed by atoms with Crippen LogP contribution in [0.3, 0.4) is 0 Å². The van der Waals surface area contributed by atoms with E-state index in [4.69, 9.17) is 21.1 Å². The summed E-state index contributed by atoms with van der Waals surface area (Å²) in [6.45, 7) is 2.57. The number of nitrogens with zero attached hydrogens (tertiary/aromatic N) is 2. The molecule has 1 aliphatic rings. The Balaban J connectivity index is 1.58. The summed E-state index contributed by atoms with van der Waals surface area (Å²) in [5.41, 5.74) is 2.54. The van der Waals surface area contributed by atoms with Crippen molar-refractivity contribution in [2.75, 3.05) is 6.61 Å². The Morgan fingerprint density at radius 1 is 1.06 bits per heavy atom. The maximum absolute atomic E-state index is 13.1. The molecule has 1 fully saturated rings. The molecule has 0 saturated carbocycles. The zero-order valence-corrected chi connectivity index (χ0v) is 22.3. The van der Waals surface area contributed by atoms with Gasteiger partial charge >= 0.3 is 0 Å². The third-order valence-corrected chi connectivity index (χ3v) is 7.29. The maximum Gasteiger partial charge on any atom is 0.293 e. The maximum atomic E-state index is 13.1. The van der Waals surface area contributed by atoms with E-state index in [-0.39, 0.29) is 23.3 Å². The summed E-state index contributed by atoms with van der Waals surface area (Å²) in [4.78, 5) is 27.1. The summed E-state index contributed by atoms with van der Waals surface area (Å²) in [5, 5.41) is 9.54. The van der Waals surface area contributed by atoms with Gasteiger partial charge in [-0.1, -0.05) is 63.9 Å². The molecule has 3 aromatic carbocycles. The van der Waals surface area contributed by atoms with Crippen molar-refractivity contribution in [2.45, 2.75) is 20.1 Å². The molecule has 182 valence electrons. The molecule has 0 spiro atoms. The average Bonchev–Trinajstić information content (AvgIpc) is 3.13. The van der Waals surface area contributed by atoms with Gasteiger partial charge in [-0.15, -0.1) is 0 Å². The van der Waals surface area contributed by atoms with E-state index in [0.29, 0.717) is 44.3 Å². The number of imide groups is 1. The summed E-state index contributed by atoms with van der Waals surface area (Å²) in [5.74, 6) is 0.602. The van der Waals surface area contributed by atoms with Crippen LogP contribution >= 0.6 is 39.3 Å². The minimum absolute atomic E-state index is 0.0337. The Labute approximate surface area is 226 Å². The molecule has 0 bridgehead atoms. The van der Waals surface area contributed by atoms with Crippen molar-refractivity contribution in [2.24, 2.45) is 0 Å². The van der Waals surface area contributed by atoms with Crippen molar-refractivity contribution < 1.29 is 19.1 Å². The van der Waals surface area contributed by atoms with Crippen LogP contribution in [-0.4, -0.2) is 22.7 Å². The van der Waals surface area contributed by atoms with E-state index in [1.807, 2.05) is 25.1 Å². The minimum atomic E-state index is -0.415. The van der Waals surface area contributed by atoms with Gasteiger partial charge in [-0.25, -0.2) is 0 Å². The predicted octanol–water partition coefficient (Wildman–Crippen LogP) is 7.19. The molecule has 6 nitrogen and oxygen atoms in total. The number of amides is 2. The molecule has 4 rings (SSSR count). The van der Waals surface area contributed by atoms with Crippen molar-refractivity contribution in [3.05, 3.63) is 97.3 Å². The zero-order valence-electron chi connectivity index (χ0n) is 19.2. The monoisotopic (exact) mass is 582 g/mol. The molecule has 0 aromatic heterocycles. The van der Waals surface area contributed by atoms with E-state index in [2.05, 4.69) is 22.0 Å². The van der Waals surface area contributed by atoms with Crippen LogP contribution in [0.1, 0.15) is 29.2 Å². The normalized spacial score (nSPS) is 14.3. The van der Waals surface area contributed by atoms with Crippen molar-refractivity contribution in [3.63, 3.8) is 0 Å². The van der Waals surface area contributed by atoms with Crippen LogP contribution < -0.4 is 9.47 Å². The summed E-state index contributed by atoms with van der Waals surface area (Å²) >= 11 is 10.6. The van der Waals surface area contributed by atoms with Gasteiger partial charge < -0.3 is 9.47 Å². The number of carbonyl (C=O) groups excluding carboxylic acids is 2. The summed E-state index contributed by atoms with van der Waals surface area (Å²) in [6.07, 6.45) is 1.64. The number of thioether (sulfide) groups is 1. The molecule has 9 heteroatoms. The first-order valence-electron chi connectivity index (χ1n) is 11.0. The highest BCUT2D eigenvalue weighted by atomic mass is 79.9. The lowest BCUT2D eigenvalue weighted by atomic mass is 10.1. The largest absolute Gasteiger partial charge is 0.490 e. The molecule has 1 saturated heterocycles. The summed E-state index contributed by atoms with van der Waals surface area (Å²) in [7, 11) is 0. The minimum Gasteiger partial charge on any atom is -0.490 e. The number of hydrogen-bond donors (Lipinski definition) is 0. The van der Waals surface area contributed by atoms with E-state index in [0.717, 1.165) is 22.2 Å². The summed E-state index contributed by atoms with van der Waals surface area (Å²) < 4.78 is 12.4. The molecular formula is C27H20BrClN2O4S. The first-order valence-corrected chi connectivity index (χ1v) is 13.0. The van der Waals surface area contributed by atoms with Gasteiger partial charge in [-0.3, -0.25) is 14.5 Å². The number of nitriles is 1. The zero-order chi connectivity index (χ0) is 25.7. The summed E-state index contributed by atoms with van der Waals surface area (Å²) in [6, 6.07) is 20.0. The van der Waals surface area contributed by atoms with E-state index in [9.17, 15) is 14.9 Å². The topological polar surface area (TPSA) is 79.6 Å². The average molecular weight is 584 g/mol. The van der Waals surface area contributed by atoms with E-state index in [1.54, 1.807) is 48.5 Å². The molecule has 36 heavy (non-hydrogen) atoms. The van der Waals surface area contributed by atoms with Gasteiger partial charge in [-0.2, -0.15) is 5.26 Å². The fourth-order valence-electron chi connectivity index (χ4n) is 3.53. The van der Waals surface area contributed by atoms with Gasteiger partial charge in [-0.05, 0) is 60.2 Å². The van der Waals surface area contributed by atoms with Crippen LogP contribution in [0.25, 0.3) is 6.08 Å². The second-order valence-corrected chi connectivity index (χ2v) is 9.93. The molecular weight excluding hydrogens is 564 g/mol. The van der Waals surface area contributed by atoms with Crippen molar-refractivity contribution >= 4 is 56.5 Å². The van der Waals surface area contributed by atoms with Crippen LogP contribution in [-0.2, 0) is 17.9 Å². The lowest BCUT2D eigenvalue weighted by Gasteiger charge is -2.15. The van der Waals surface area contributed by atoms with E-state index in [1.165, 1.54) is 0 Å². The number of ether oxygens (including phenoxy) is 2. The molecule has 3 aromatic rings. The molecule has 0 unspecified atom stereocenters. The third kappa shape index (κ3) is 5.76. The van der Waals surface area contributed by atoms with Crippen LogP contribution in [0.15, 0.2) is 70.0 Å². The highest BCUT2D eigenvalue weighted by molar-refractivity contribution is 9.10. The van der Waals surface area contributed by atoms with E-state index < -0.39 is 5.91 Å². The van der Waals surface area contributed by atoms with Gasteiger partial charge in [0.15, 0.2) is 11.5 Å². The Bertz CT molecular complexity index is 1400. The van der Waals surface area contributed by atoms with E-state index >= 15 is 0 Å². The van der Waals surface area contributed by atoms with Gasteiger partial charge in [0.05, 0.1) is 29.7 Å². The first kappa shape index (κ1) is 25.8. The highest BCUT2D eigenvalue weighted by Crippen LogP contribution is 2.39. The van der Waals surface area contributed by atoms with Gasteiger partial charge in [0.1, 0.15) is 6.61 Å². The Morgan fingerprint density at radius 2 is 1.75 bits per heavy atom. The quantitative estimate of drug-likeness (QED) is 0.261. The number of rotatable bonds is 8. The third-order valence-electron chi connectivity index (χ3n) is 5.33. The molecule has 1 aliphatic heterocycles. The van der Waals surface area contributed by atoms with Gasteiger partial charge in [0.2, 0.25) is 0 Å². The Hall–Kier alpha value is -3.25. The molecule has 0 N–H and O–H groups in total. The molecule has 0 atom stereocenters. The first-order chi connectivity index (χ1) is 17.4. The molecule has 1 heterocycles. The van der Waals surface area contributed by atoms with Crippen molar-refractivity contribution in [3.8, 4) is 17.6 Å². The van der Waals surface area contributed by atoms with Crippen molar-refractivity contribution in [1.82, 2.24) is 4.90 Å². The fourth-order valence-corrected chi connectivity index (χ4v) is 4.98. The molecule has 2 amide bonds. The number of halogens is 2. The van der Waals surface area contributed by atoms with Crippen LogP contribution in [0.2, 0.25) is 5.02 Å². The van der Waals surface area contributed by atoms with Crippen LogP contribution in [0.5, 0.6) is 11.5 Å². The van der Waals surface area contributed by atoms with Gasteiger partial charge in [0, 0.05) is 15.1 Å². The van der Waals surface area contributed by atoms with Crippen LogP contribution in [0.4, 0.5) is 4.79 Å². The molecule has 0 radical (unpaired) electrons. The SMILES string of the molecule is CCOc1cc(/C=C2/SC(=O)N(Cc3ccccc3C#N)C2=O)c(Br)cc1OCc1ccccc1Cl. The fraction of sp³-hybridized carbons (Fsp3) is 0.148. The Morgan fingerprint density at radius 3 is 2.47 bits per heavy atom. The Kier molecular flexibility index (Phi) is 8.36. The number of carbonyl (C=O) groups is 2. The van der Waals surface area contributed by atoms with Gasteiger partial charge in [0.25, 0.3) is 11.1 Å². The molecule has 0 aliphatic carbocycles. The van der Waals surface area contributed by atoms with Crippen molar-refractivity contribution in [1.29, 1.82) is 5.26 Å². The number of benzene rings is 3. The second-order valence-electron chi connectivity index (χ2n) is 7.67. The lowest BCUT2D eigenvalue weighted by Crippen LogP contribution is -2.27. The standard InChI is InChI=1S/C27H20BrClN2O4S/c1-2-34-23-11-20(21(28)13-24(23)35-16-19-9-5-6-10-22(19)29)12-25-26(32)31(27(33)36-25)15-18-8-4-3-7-17(18)14-30/h3-13H,2,15-16H2,1H3/b25-12+. The second kappa shape index (κ2) is 11.7. The predicted molar refractivity (Wildman–Crippen MR) is 144 cm³/mol.